The van der Waals surface area contributed by atoms with Crippen LogP contribution in [0, 0.1) is 0 Å². The van der Waals surface area contributed by atoms with E-state index < -0.39 is 0 Å². The number of nitrogen functional groups attached to an aromatic ring is 1. The maximum Gasteiger partial charge on any atom is 0.119 e. The number of hydrogen-bond donors (Lipinski definition) is 1. The smallest absolute Gasteiger partial charge is 0.119 e. The summed E-state index contributed by atoms with van der Waals surface area (Å²) in [4.78, 5) is 0. The van der Waals surface area contributed by atoms with Crippen molar-refractivity contribution >= 4 is 5.69 Å². The Morgan fingerprint density at radius 3 is 1.57 bits per heavy atom. The molecule has 2 aromatic rings. The topological polar surface area (TPSA) is 35.2 Å². The zero-order valence-corrected chi connectivity index (χ0v) is 24.2. The number of aryl methyl sites for hydroxylation is 2. The normalized spacial score (nSPS) is 11.2. The van der Waals surface area contributed by atoms with Gasteiger partial charge in [0.2, 0.25) is 0 Å². The number of nitrogens with two attached hydrogens (primary N) is 1. The van der Waals surface area contributed by atoms with E-state index in [-0.39, 0.29) is 0 Å². The average Bonchev–Trinajstić information content (AvgIpc) is 2.92. The van der Waals surface area contributed by atoms with E-state index in [9.17, 15) is 0 Å². The summed E-state index contributed by atoms with van der Waals surface area (Å²) in [5.41, 5.74) is 10.0. The van der Waals surface area contributed by atoms with Gasteiger partial charge in [-0.05, 0) is 73.9 Å². The van der Waals surface area contributed by atoms with Crippen LogP contribution < -0.4 is 10.5 Å². The van der Waals surface area contributed by atoms with Gasteiger partial charge in [0.1, 0.15) is 5.75 Å². The summed E-state index contributed by atoms with van der Waals surface area (Å²) in [5, 5.41) is 0. The van der Waals surface area contributed by atoms with Crippen LogP contribution in [0.4, 0.5) is 5.69 Å². The Balaban J connectivity index is 1.44. The van der Waals surface area contributed by atoms with Crippen molar-refractivity contribution < 1.29 is 4.74 Å². The predicted molar refractivity (Wildman–Crippen MR) is 164 cm³/mol. The van der Waals surface area contributed by atoms with Gasteiger partial charge in [0.05, 0.1) is 6.61 Å². The third-order valence-electron chi connectivity index (χ3n) is 7.63. The molecule has 0 aromatic heterocycles. The van der Waals surface area contributed by atoms with Crippen LogP contribution in [0.15, 0.2) is 48.5 Å². The van der Waals surface area contributed by atoms with Crippen molar-refractivity contribution in [1.82, 2.24) is 0 Å². The average molecular weight is 508 g/mol. The van der Waals surface area contributed by atoms with Gasteiger partial charge < -0.3 is 10.5 Å². The lowest BCUT2D eigenvalue weighted by Gasteiger charge is -2.11. The molecule has 0 saturated heterocycles. The van der Waals surface area contributed by atoms with E-state index in [0.29, 0.717) is 0 Å². The molecule has 0 unspecified atom stereocenters. The Morgan fingerprint density at radius 2 is 1.00 bits per heavy atom. The van der Waals surface area contributed by atoms with Crippen LogP contribution in [0.3, 0.4) is 0 Å². The first-order valence-corrected chi connectivity index (χ1v) is 15.8. The second-order valence-corrected chi connectivity index (χ2v) is 11.1. The van der Waals surface area contributed by atoms with E-state index in [2.05, 4.69) is 25.1 Å². The van der Waals surface area contributed by atoms with E-state index >= 15 is 0 Å². The number of unbranched alkanes of at least 4 members (excludes halogenated alkanes) is 17. The van der Waals surface area contributed by atoms with Crippen molar-refractivity contribution in [3.05, 3.63) is 59.7 Å². The van der Waals surface area contributed by atoms with Gasteiger partial charge in [-0.3, -0.25) is 0 Å². The Bertz CT molecular complexity index is 772. The highest BCUT2D eigenvalue weighted by molar-refractivity contribution is 5.45. The second kappa shape index (κ2) is 22.1. The molecule has 37 heavy (non-hydrogen) atoms. The molecule has 2 rings (SSSR count). The summed E-state index contributed by atoms with van der Waals surface area (Å²) >= 11 is 0. The molecule has 0 aliphatic heterocycles. The monoisotopic (exact) mass is 507 g/mol. The Hall–Kier alpha value is -1.96. The van der Waals surface area contributed by atoms with Crippen LogP contribution in [-0.4, -0.2) is 6.61 Å². The first kappa shape index (κ1) is 31.3. The summed E-state index contributed by atoms with van der Waals surface area (Å²) in [5.74, 6) is 0.974. The SMILES string of the molecule is CCCCCCCCCCCCCCCCCCc1cc(N)ccc1CCCCCOc1ccccc1. The maximum atomic E-state index is 6.12. The molecule has 0 saturated carbocycles. The van der Waals surface area contributed by atoms with Crippen LogP contribution in [0.25, 0.3) is 0 Å². The minimum atomic E-state index is 0.803. The van der Waals surface area contributed by atoms with Gasteiger partial charge in [0.15, 0.2) is 0 Å². The van der Waals surface area contributed by atoms with Crippen LogP contribution in [0.5, 0.6) is 5.75 Å². The molecule has 2 N–H and O–H groups in total. The molecule has 0 fully saturated rings. The van der Waals surface area contributed by atoms with Crippen LogP contribution >= 0.6 is 0 Å². The largest absolute Gasteiger partial charge is 0.494 e. The third kappa shape index (κ3) is 16.5. The number of para-hydroxylation sites is 1. The fourth-order valence-corrected chi connectivity index (χ4v) is 5.29. The highest BCUT2D eigenvalue weighted by atomic mass is 16.5. The molecule has 0 spiro atoms. The lowest BCUT2D eigenvalue weighted by Crippen LogP contribution is -2.00. The Kier molecular flexibility index (Phi) is 18.6. The quantitative estimate of drug-likeness (QED) is 0.113. The van der Waals surface area contributed by atoms with Gasteiger partial charge in [-0.1, -0.05) is 128 Å². The summed E-state index contributed by atoms with van der Waals surface area (Å²) < 4.78 is 5.82. The van der Waals surface area contributed by atoms with Gasteiger partial charge in [-0.15, -0.1) is 0 Å². The molecular formula is C35H57NO. The Labute approximate surface area is 229 Å². The molecule has 0 aliphatic carbocycles. The summed E-state index contributed by atoms with van der Waals surface area (Å²) in [6.07, 6.45) is 28.6. The Morgan fingerprint density at radius 1 is 0.514 bits per heavy atom. The van der Waals surface area contributed by atoms with Gasteiger partial charge >= 0.3 is 0 Å². The van der Waals surface area contributed by atoms with Crippen molar-refractivity contribution in [2.24, 2.45) is 0 Å². The van der Waals surface area contributed by atoms with Gasteiger partial charge in [0, 0.05) is 5.69 Å². The molecular weight excluding hydrogens is 450 g/mol. The minimum Gasteiger partial charge on any atom is -0.494 e. The minimum absolute atomic E-state index is 0.803. The van der Waals surface area contributed by atoms with E-state index in [1.807, 2.05) is 30.3 Å². The second-order valence-electron chi connectivity index (χ2n) is 11.1. The molecule has 0 amide bonds. The zero-order chi connectivity index (χ0) is 26.2. The molecule has 208 valence electrons. The summed E-state index contributed by atoms with van der Waals surface area (Å²) in [7, 11) is 0. The fourth-order valence-electron chi connectivity index (χ4n) is 5.29. The number of rotatable bonds is 24. The van der Waals surface area contributed by atoms with Crippen LogP contribution in [0.2, 0.25) is 0 Å². The molecule has 0 bridgehead atoms. The van der Waals surface area contributed by atoms with Crippen molar-refractivity contribution in [1.29, 1.82) is 0 Å². The number of hydrogen-bond acceptors (Lipinski definition) is 2. The highest BCUT2D eigenvalue weighted by Gasteiger charge is 2.04. The standard InChI is InChI=1S/C35H57NO/c1-2-3-4-5-6-7-8-9-10-11-12-13-14-15-16-19-25-33-31-34(36)29-28-32(33)24-20-18-23-30-37-35-26-21-17-22-27-35/h17,21-22,26-29,31H,2-16,18-20,23-25,30,36H2,1H3. The van der Waals surface area contributed by atoms with Gasteiger partial charge in [-0.2, -0.15) is 0 Å². The molecule has 0 heterocycles. The number of ether oxygens (including phenoxy) is 1. The molecule has 0 aliphatic rings. The van der Waals surface area contributed by atoms with Gasteiger partial charge in [-0.25, -0.2) is 0 Å². The van der Waals surface area contributed by atoms with Crippen molar-refractivity contribution in [2.75, 3.05) is 12.3 Å². The number of anilines is 1. The van der Waals surface area contributed by atoms with E-state index in [1.54, 1.807) is 0 Å². The van der Waals surface area contributed by atoms with Crippen molar-refractivity contribution in [3.63, 3.8) is 0 Å². The maximum absolute atomic E-state index is 6.12. The first-order chi connectivity index (χ1) is 18.3. The van der Waals surface area contributed by atoms with Crippen molar-refractivity contribution in [3.8, 4) is 5.75 Å². The zero-order valence-electron chi connectivity index (χ0n) is 24.2. The summed E-state index contributed by atoms with van der Waals surface area (Å²) in [6, 6.07) is 16.7. The lowest BCUT2D eigenvalue weighted by atomic mass is 9.96. The van der Waals surface area contributed by atoms with Gasteiger partial charge in [0.25, 0.3) is 0 Å². The molecule has 2 nitrogen and oxygen atoms in total. The van der Waals surface area contributed by atoms with E-state index in [4.69, 9.17) is 10.5 Å². The van der Waals surface area contributed by atoms with E-state index in [0.717, 1.165) is 30.9 Å². The third-order valence-corrected chi connectivity index (χ3v) is 7.63. The van der Waals surface area contributed by atoms with E-state index in [1.165, 1.54) is 133 Å². The van der Waals surface area contributed by atoms with Crippen LogP contribution in [0.1, 0.15) is 140 Å². The van der Waals surface area contributed by atoms with Crippen LogP contribution in [-0.2, 0) is 12.8 Å². The molecule has 0 radical (unpaired) electrons. The molecule has 0 atom stereocenters. The summed E-state index contributed by atoms with van der Waals surface area (Å²) in [6.45, 7) is 3.10. The first-order valence-electron chi connectivity index (χ1n) is 15.8. The fraction of sp³-hybridized carbons (Fsp3) is 0.657. The number of benzene rings is 2. The lowest BCUT2D eigenvalue weighted by molar-refractivity contribution is 0.305. The predicted octanol–water partition coefficient (Wildman–Crippen LogP) is 10.9. The highest BCUT2D eigenvalue weighted by Crippen LogP contribution is 2.20. The molecule has 2 aromatic carbocycles. The van der Waals surface area contributed by atoms with Crippen molar-refractivity contribution in [2.45, 2.75) is 142 Å². The molecule has 2 heteroatoms.